The Hall–Kier alpha value is -4.25. The Morgan fingerprint density at radius 3 is 2.42 bits per heavy atom. The number of hydrogen-bond donors (Lipinski definition) is 2. The first-order valence-corrected chi connectivity index (χ1v) is 15.3. The molecule has 0 atom stereocenters. The Labute approximate surface area is 269 Å². The van der Waals surface area contributed by atoms with Gasteiger partial charge in [-0.25, -0.2) is 9.67 Å². The predicted molar refractivity (Wildman–Crippen MR) is 172 cm³/mol. The Kier molecular flexibility index (Phi) is 8.39. The standard InChI is InChI=1S/C33H31Cl2N5O5/c1-39-31(42)24(13-16-36-39)29(41)37-26-8-4-6-22(28(26)35)21-5-3-7-23(27(21)34)25-10-9-19(30(38-25)45-2)17-40-18-33(32(43)44)14-11-20(40)12-15-33/h3-10,13,16,20H,11-12,14-15,17-18H2,1-2H3,(H,37,41)(H,43,44). The van der Waals surface area contributed by atoms with Crippen LogP contribution < -0.4 is 15.6 Å². The van der Waals surface area contributed by atoms with Crippen molar-refractivity contribution in [1.29, 1.82) is 0 Å². The fourth-order valence-corrected chi connectivity index (χ4v) is 7.04. The Balaban J connectivity index is 1.28. The number of benzene rings is 2. The van der Waals surface area contributed by atoms with Gasteiger partial charge in [0, 0.05) is 54.6 Å². The minimum Gasteiger partial charge on any atom is -0.481 e. The lowest BCUT2D eigenvalue weighted by Crippen LogP contribution is -2.56. The summed E-state index contributed by atoms with van der Waals surface area (Å²) in [6.45, 7) is 1.06. The molecule has 2 N–H and O–H groups in total. The first-order chi connectivity index (χ1) is 21.6. The highest BCUT2D eigenvalue weighted by Gasteiger charge is 2.49. The lowest BCUT2D eigenvalue weighted by atomic mass is 9.67. The van der Waals surface area contributed by atoms with Crippen LogP contribution in [0.25, 0.3) is 22.4 Å². The summed E-state index contributed by atoms with van der Waals surface area (Å²) in [4.78, 5) is 44.4. The first-order valence-electron chi connectivity index (χ1n) is 14.5. The van der Waals surface area contributed by atoms with Crippen molar-refractivity contribution < 1.29 is 19.4 Å². The molecule has 1 aliphatic carbocycles. The fourth-order valence-electron chi connectivity index (χ4n) is 6.44. The summed E-state index contributed by atoms with van der Waals surface area (Å²) >= 11 is 13.8. The number of aliphatic carboxylic acids is 1. The maximum absolute atomic E-state index is 12.9. The summed E-state index contributed by atoms with van der Waals surface area (Å²) in [5.41, 5.74) is 2.39. The number of halogens is 2. The van der Waals surface area contributed by atoms with Crippen LogP contribution in [0.2, 0.25) is 10.0 Å². The number of carboxylic acids is 1. The number of aromatic nitrogens is 3. The number of amides is 1. The zero-order valence-corrected chi connectivity index (χ0v) is 26.2. The Bertz CT molecular complexity index is 1870. The van der Waals surface area contributed by atoms with Gasteiger partial charge in [0.15, 0.2) is 0 Å². The number of nitrogens with one attached hydrogen (secondary N) is 1. The zero-order valence-electron chi connectivity index (χ0n) is 24.7. The second kappa shape index (κ2) is 12.3. The summed E-state index contributed by atoms with van der Waals surface area (Å²) in [6, 6.07) is 16.2. The molecular weight excluding hydrogens is 617 g/mol. The number of rotatable bonds is 8. The van der Waals surface area contributed by atoms with Crippen LogP contribution in [0.3, 0.4) is 0 Å². The van der Waals surface area contributed by atoms with Gasteiger partial charge in [-0.1, -0.05) is 59.6 Å². The number of piperidine rings is 2. The van der Waals surface area contributed by atoms with Crippen molar-refractivity contribution in [3.63, 3.8) is 0 Å². The van der Waals surface area contributed by atoms with Gasteiger partial charge in [-0.05, 0) is 43.9 Å². The number of methoxy groups -OCH3 is 1. The van der Waals surface area contributed by atoms with E-state index < -0.39 is 22.9 Å². The molecule has 0 unspecified atom stereocenters. The minimum absolute atomic E-state index is 0.0633. The van der Waals surface area contributed by atoms with Crippen LogP contribution in [0.1, 0.15) is 41.6 Å². The van der Waals surface area contributed by atoms with E-state index in [1.165, 1.54) is 19.3 Å². The molecule has 232 valence electrons. The summed E-state index contributed by atoms with van der Waals surface area (Å²) in [6.07, 6.45) is 4.56. The van der Waals surface area contributed by atoms with Crippen molar-refractivity contribution in [2.24, 2.45) is 12.5 Å². The van der Waals surface area contributed by atoms with E-state index >= 15 is 0 Å². The van der Waals surface area contributed by atoms with Crippen molar-refractivity contribution >= 4 is 40.8 Å². The number of hydrogen-bond acceptors (Lipinski definition) is 7. The molecule has 2 aliphatic heterocycles. The molecule has 0 spiro atoms. The molecule has 3 aliphatic rings. The van der Waals surface area contributed by atoms with Gasteiger partial charge in [-0.2, -0.15) is 5.10 Å². The first kappa shape index (κ1) is 30.8. The van der Waals surface area contributed by atoms with E-state index in [2.05, 4.69) is 15.3 Å². The monoisotopic (exact) mass is 647 g/mol. The van der Waals surface area contributed by atoms with E-state index in [1.54, 1.807) is 25.3 Å². The molecule has 4 aromatic rings. The third kappa shape index (κ3) is 5.69. The highest BCUT2D eigenvalue weighted by molar-refractivity contribution is 6.39. The van der Waals surface area contributed by atoms with Crippen LogP contribution in [-0.2, 0) is 18.4 Å². The molecule has 2 aromatic heterocycles. The number of fused-ring (bicyclic) bond motifs is 3. The predicted octanol–water partition coefficient (Wildman–Crippen LogP) is 5.91. The number of aryl methyl sites for hydroxylation is 1. The lowest BCUT2D eigenvalue weighted by Gasteiger charge is -2.50. The van der Waals surface area contributed by atoms with Crippen LogP contribution in [-0.4, -0.2) is 56.3 Å². The van der Waals surface area contributed by atoms with Crippen molar-refractivity contribution in [2.75, 3.05) is 19.0 Å². The molecule has 0 radical (unpaired) electrons. The largest absolute Gasteiger partial charge is 0.481 e. The van der Waals surface area contributed by atoms with E-state index in [4.69, 9.17) is 32.9 Å². The van der Waals surface area contributed by atoms with E-state index in [0.717, 1.165) is 35.9 Å². The normalized spacial score (nSPS) is 19.3. The van der Waals surface area contributed by atoms with Crippen molar-refractivity contribution in [3.05, 3.63) is 92.3 Å². The summed E-state index contributed by atoms with van der Waals surface area (Å²) < 4.78 is 6.78. The maximum atomic E-state index is 12.9. The number of anilines is 1. The third-order valence-corrected chi connectivity index (χ3v) is 9.77. The van der Waals surface area contributed by atoms with Gasteiger partial charge in [-0.3, -0.25) is 19.3 Å². The highest BCUT2D eigenvalue weighted by Crippen LogP contribution is 2.46. The van der Waals surface area contributed by atoms with Gasteiger partial charge in [0.05, 0.1) is 34.0 Å². The third-order valence-electron chi connectivity index (χ3n) is 8.96. The number of pyridine rings is 1. The van der Waals surface area contributed by atoms with E-state index in [0.29, 0.717) is 58.1 Å². The van der Waals surface area contributed by atoms with E-state index in [1.807, 2.05) is 30.3 Å². The van der Waals surface area contributed by atoms with E-state index in [-0.39, 0.29) is 10.6 Å². The fraction of sp³-hybridized carbons (Fsp3) is 0.303. The molecule has 12 heteroatoms. The van der Waals surface area contributed by atoms with Crippen LogP contribution in [0, 0.1) is 5.41 Å². The number of carboxylic acid groups (broad SMARTS) is 1. The smallest absolute Gasteiger partial charge is 0.310 e. The van der Waals surface area contributed by atoms with E-state index in [9.17, 15) is 19.5 Å². The minimum atomic E-state index is -0.715. The van der Waals surface area contributed by atoms with Gasteiger partial charge < -0.3 is 15.2 Å². The lowest BCUT2D eigenvalue weighted by molar-refractivity contribution is -0.159. The van der Waals surface area contributed by atoms with Crippen LogP contribution >= 0.6 is 23.2 Å². The van der Waals surface area contributed by atoms with Crippen molar-refractivity contribution in [3.8, 4) is 28.3 Å². The molecule has 2 bridgehead atoms. The van der Waals surface area contributed by atoms with Crippen molar-refractivity contribution in [1.82, 2.24) is 19.7 Å². The molecule has 10 nitrogen and oxygen atoms in total. The average molecular weight is 649 g/mol. The molecular formula is C33H31Cl2N5O5. The molecule has 2 saturated heterocycles. The zero-order chi connectivity index (χ0) is 31.9. The van der Waals surface area contributed by atoms with Gasteiger partial charge in [0.25, 0.3) is 11.5 Å². The molecule has 45 heavy (non-hydrogen) atoms. The van der Waals surface area contributed by atoms with Crippen LogP contribution in [0.4, 0.5) is 5.69 Å². The second-order valence-corrected chi connectivity index (χ2v) is 12.3. The van der Waals surface area contributed by atoms with Crippen molar-refractivity contribution in [2.45, 2.75) is 38.3 Å². The molecule has 4 heterocycles. The van der Waals surface area contributed by atoms with Crippen LogP contribution in [0.15, 0.2) is 65.6 Å². The SMILES string of the molecule is COc1nc(-c2cccc(-c3cccc(NC(=O)c4ccnn(C)c4=O)c3Cl)c2Cl)ccc1CN1CC2(C(=O)O)CCC1CC2. The quantitative estimate of drug-likeness (QED) is 0.242. The Morgan fingerprint density at radius 2 is 1.71 bits per heavy atom. The topological polar surface area (TPSA) is 127 Å². The molecule has 1 amide bonds. The maximum Gasteiger partial charge on any atom is 0.310 e. The Morgan fingerprint density at radius 1 is 1.02 bits per heavy atom. The van der Waals surface area contributed by atoms with Gasteiger partial charge in [-0.15, -0.1) is 0 Å². The second-order valence-electron chi connectivity index (χ2n) is 11.5. The van der Waals surface area contributed by atoms with Gasteiger partial charge >= 0.3 is 5.97 Å². The summed E-state index contributed by atoms with van der Waals surface area (Å²) in [7, 11) is 3.03. The highest BCUT2D eigenvalue weighted by atomic mass is 35.5. The number of carbonyl (C=O) groups is 2. The number of carbonyl (C=O) groups excluding carboxylic acids is 1. The molecule has 7 rings (SSSR count). The molecule has 1 saturated carbocycles. The molecule has 2 aromatic carbocycles. The number of nitrogens with zero attached hydrogens (tertiary/aromatic N) is 4. The summed E-state index contributed by atoms with van der Waals surface area (Å²) in [5, 5.41) is 17.1. The molecule has 3 fully saturated rings. The number of ether oxygens (including phenoxy) is 1. The van der Waals surface area contributed by atoms with Gasteiger partial charge in [0.1, 0.15) is 5.56 Å². The van der Waals surface area contributed by atoms with Gasteiger partial charge in [0.2, 0.25) is 5.88 Å². The average Bonchev–Trinajstić information content (AvgIpc) is 3.04. The summed E-state index contributed by atoms with van der Waals surface area (Å²) in [5.74, 6) is -0.873. The van der Waals surface area contributed by atoms with Crippen LogP contribution in [0.5, 0.6) is 5.88 Å².